The van der Waals surface area contributed by atoms with Crippen molar-refractivity contribution in [2.24, 2.45) is 0 Å². The molecule has 2 N–H and O–H groups in total. The van der Waals surface area contributed by atoms with Gasteiger partial charge in [-0.25, -0.2) is 0 Å². The minimum atomic E-state index is -0.566. The van der Waals surface area contributed by atoms with Crippen molar-refractivity contribution in [3.05, 3.63) is 29.8 Å². The third kappa shape index (κ3) is 7.46. The van der Waals surface area contributed by atoms with Gasteiger partial charge in [-0.1, -0.05) is 92.8 Å². The van der Waals surface area contributed by atoms with E-state index >= 15 is 0 Å². The summed E-state index contributed by atoms with van der Waals surface area (Å²) in [6.07, 6.45) is 13.1. The Labute approximate surface area is 180 Å². The molecule has 5 radical (unpaired) electrons. The monoisotopic (exact) mass is 390 g/mol. The zero-order chi connectivity index (χ0) is 21.2. The molecular weight excluding hydrogens is 355 g/mol. The van der Waals surface area contributed by atoms with Crippen molar-refractivity contribution in [1.29, 1.82) is 0 Å². The van der Waals surface area contributed by atoms with Crippen LogP contribution in [0, 0.1) is 0 Å². The largest absolute Gasteiger partial charge is 0.508 e. The molecule has 1 saturated heterocycles. The predicted molar refractivity (Wildman–Crippen MR) is 124 cm³/mol. The summed E-state index contributed by atoms with van der Waals surface area (Å²) in [5.74, 6) is 0.449. The molecule has 0 aromatic heterocycles. The van der Waals surface area contributed by atoms with Crippen LogP contribution in [0.1, 0.15) is 89.5 Å². The predicted octanol–water partition coefficient (Wildman–Crippen LogP) is 4.53. The van der Waals surface area contributed by atoms with Crippen LogP contribution in [0.2, 0.25) is 5.21 Å². The van der Waals surface area contributed by atoms with E-state index in [2.05, 4.69) is 12.2 Å². The number of unbranched alkanes of at least 4 members (excludes halogenated alkanes) is 8. The fourth-order valence-corrected chi connectivity index (χ4v) is 4.00. The third-order valence-corrected chi connectivity index (χ3v) is 6.11. The average Bonchev–Trinajstić information content (AvgIpc) is 3.26. The number of amides is 1. The lowest BCUT2D eigenvalue weighted by Gasteiger charge is -2.22. The van der Waals surface area contributed by atoms with Crippen molar-refractivity contribution in [3.8, 4) is 5.75 Å². The number of rotatable bonds is 15. The summed E-state index contributed by atoms with van der Waals surface area (Å²) in [5, 5.41) is 11.4. The van der Waals surface area contributed by atoms with E-state index in [1.165, 1.54) is 32.1 Å². The molecule has 1 amide bonds. The first-order valence-electron chi connectivity index (χ1n) is 11.4. The number of phenols is 1. The first-order valence-corrected chi connectivity index (χ1v) is 11.4. The smallest absolute Gasteiger partial charge is 0.219 e. The van der Waals surface area contributed by atoms with Crippen LogP contribution < -0.4 is 5.32 Å². The van der Waals surface area contributed by atoms with Crippen LogP contribution in [0.25, 0.3) is 0 Å². The van der Waals surface area contributed by atoms with Gasteiger partial charge in [-0.15, -0.1) is 0 Å². The van der Waals surface area contributed by atoms with Gasteiger partial charge < -0.3 is 10.4 Å². The van der Waals surface area contributed by atoms with Gasteiger partial charge in [0.05, 0.1) is 15.7 Å². The Balaban J connectivity index is 1.46. The molecule has 1 aliphatic rings. The molecule has 6 heteroatoms. The molecule has 0 spiro atoms. The fourth-order valence-electron chi connectivity index (χ4n) is 4.00. The van der Waals surface area contributed by atoms with Gasteiger partial charge in [-0.05, 0) is 25.0 Å². The van der Waals surface area contributed by atoms with Gasteiger partial charge in [0.25, 0.3) is 0 Å². The molecule has 153 valence electrons. The second-order valence-corrected chi connectivity index (χ2v) is 8.63. The molecule has 2 atom stereocenters. The van der Waals surface area contributed by atoms with Crippen molar-refractivity contribution in [3.63, 3.8) is 0 Å². The van der Waals surface area contributed by atoms with Crippen molar-refractivity contribution in [1.82, 2.24) is 5.32 Å². The molecule has 2 rings (SSSR count). The summed E-state index contributed by atoms with van der Waals surface area (Å²) in [6, 6.07) is 7.04. The summed E-state index contributed by atoms with van der Waals surface area (Å²) in [5.41, 5.74) is 0.969. The minimum absolute atomic E-state index is 0.203. The van der Waals surface area contributed by atoms with E-state index in [-0.39, 0.29) is 11.7 Å². The molecule has 1 aliphatic heterocycles. The van der Waals surface area contributed by atoms with Gasteiger partial charge in [0.1, 0.15) is 13.0 Å². The number of aromatic hydroxyl groups is 1. The Bertz CT molecular complexity index is 625. The Morgan fingerprint density at radius 1 is 0.966 bits per heavy atom. The van der Waals surface area contributed by atoms with Crippen LogP contribution in [-0.2, 0) is 10.0 Å². The topological polar surface area (TPSA) is 49.3 Å². The van der Waals surface area contributed by atoms with E-state index in [9.17, 15) is 9.90 Å². The van der Waals surface area contributed by atoms with E-state index in [4.69, 9.17) is 15.7 Å². The van der Waals surface area contributed by atoms with Crippen LogP contribution in [0.4, 0.5) is 0 Å². The summed E-state index contributed by atoms with van der Waals surface area (Å²) < 4.78 is 0. The van der Waals surface area contributed by atoms with Gasteiger partial charge in [0.2, 0.25) is 5.91 Å². The highest BCUT2D eigenvalue weighted by molar-refractivity contribution is 6.80. The van der Waals surface area contributed by atoms with Gasteiger partial charge in [0.15, 0.2) is 0 Å². The Hall–Kier alpha value is -1.32. The highest BCUT2D eigenvalue weighted by Gasteiger charge is 2.59. The zero-order valence-electron chi connectivity index (χ0n) is 18.1. The van der Waals surface area contributed by atoms with Crippen molar-refractivity contribution in [2.45, 2.75) is 94.4 Å². The van der Waals surface area contributed by atoms with E-state index in [0.29, 0.717) is 6.42 Å². The van der Waals surface area contributed by atoms with E-state index < -0.39 is 10.4 Å². The lowest BCUT2D eigenvalue weighted by Crippen LogP contribution is -2.23. The highest BCUT2D eigenvalue weighted by Crippen LogP contribution is 2.61. The first-order chi connectivity index (χ1) is 13.9. The summed E-state index contributed by atoms with van der Waals surface area (Å²) in [4.78, 5) is 11.6. The number of carbonyl (C=O) groups excluding carboxylic acids is 1. The molecule has 2 unspecified atom stereocenters. The summed E-state index contributed by atoms with van der Waals surface area (Å²) in [6.45, 7) is 2.95. The zero-order valence-corrected chi connectivity index (χ0v) is 18.1. The maximum atomic E-state index is 11.6. The fraction of sp³-hybridized carbons (Fsp3) is 0.696. The van der Waals surface area contributed by atoms with Crippen LogP contribution in [-0.4, -0.2) is 40.5 Å². The molecule has 1 fully saturated rings. The van der Waals surface area contributed by atoms with Gasteiger partial charge in [-0.2, -0.15) is 0 Å². The van der Waals surface area contributed by atoms with Gasteiger partial charge >= 0.3 is 0 Å². The first kappa shape index (κ1) is 24.0. The second kappa shape index (κ2) is 11.8. The van der Waals surface area contributed by atoms with Crippen molar-refractivity contribution in [2.75, 3.05) is 6.54 Å². The SMILES string of the molecule is [B]C1(CCCCCCCCCCC(=O)NCCCC)[B]C1([B])c1ccc(O)cc1. The van der Waals surface area contributed by atoms with Crippen molar-refractivity contribution < 1.29 is 9.90 Å². The molecule has 1 aromatic rings. The molecule has 3 nitrogen and oxygen atoms in total. The maximum absolute atomic E-state index is 11.6. The Morgan fingerprint density at radius 2 is 1.55 bits per heavy atom. The highest BCUT2D eigenvalue weighted by atomic mass is 16.3. The second-order valence-electron chi connectivity index (χ2n) is 8.63. The Morgan fingerprint density at radius 3 is 2.17 bits per heavy atom. The van der Waals surface area contributed by atoms with E-state index in [0.717, 1.165) is 50.6 Å². The Kier molecular flexibility index (Phi) is 9.72. The third-order valence-electron chi connectivity index (χ3n) is 6.11. The summed E-state index contributed by atoms with van der Waals surface area (Å²) in [7, 11) is 15.0. The van der Waals surface area contributed by atoms with Crippen molar-refractivity contribution >= 4 is 28.9 Å². The van der Waals surface area contributed by atoms with Crippen LogP contribution >= 0.6 is 0 Å². The molecule has 0 bridgehead atoms. The molecule has 1 aromatic carbocycles. The van der Waals surface area contributed by atoms with Gasteiger partial charge in [0, 0.05) is 13.0 Å². The van der Waals surface area contributed by atoms with Crippen LogP contribution in [0.5, 0.6) is 5.75 Å². The van der Waals surface area contributed by atoms with Crippen LogP contribution in [0.15, 0.2) is 24.3 Å². The number of benzene rings is 1. The minimum Gasteiger partial charge on any atom is -0.508 e. The normalized spacial score (nSPS) is 22.8. The standard InChI is InChI=1S/C23H35B3NO2/c1-2-3-18-27-21(29)12-10-8-6-4-5-7-9-11-17-22(24)23(25,26-22)19-13-15-20(28)16-14-19/h13-16,28H,2-12,17-18H2,1H3,(H,27,29). The molecular formula is C23H35B3NO2. The maximum Gasteiger partial charge on any atom is 0.219 e. The van der Waals surface area contributed by atoms with E-state index in [1.807, 2.05) is 19.4 Å². The van der Waals surface area contributed by atoms with E-state index in [1.54, 1.807) is 12.1 Å². The lowest BCUT2D eigenvalue weighted by atomic mass is 9.62. The number of phenolic OH excluding ortho intramolecular Hbond substituents is 1. The molecule has 0 saturated carbocycles. The molecule has 29 heavy (non-hydrogen) atoms. The number of hydrogen-bond donors (Lipinski definition) is 2. The summed E-state index contributed by atoms with van der Waals surface area (Å²) >= 11 is 0. The number of carbonyl (C=O) groups is 1. The average molecular weight is 390 g/mol. The number of nitrogens with one attached hydrogen (secondary N) is 1. The molecule has 1 heterocycles. The lowest BCUT2D eigenvalue weighted by molar-refractivity contribution is -0.121. The number of hydrogen-bond acceptors (Lipinski definition) is 2. The van der Waals surface area contributed by atoms with Crippen LogP contribution in [0.3, 0.4) is 0 Å². The van der Waals surface area contributed by atoms with Gasteiger partial charge in [-0.3, -0.25) is 4.79 Å². The molecule has 0 aliphatic carbocycles. The quantitative estimate of drug-likeness (QED) is 0.342.